The molecule has 116 valence electrons. The lowest BCUT2D eigenvalue weighted by molar-refractivity contribution is -0.127. The third-order valence-corrected chi connectivity index (χ3v) is 4.66. The first-order valence-electron chi connectivity index (χ1n) is 7.55. The molecule has 1 aliphatic rings. The highest BCUT2D eigenvalue weighted by molar-refractivity contribution is 6.31. The van der Waals surface area contributed by atoms with Gasteiger partial charge in [-0.2, -0.15) is 0 Å². The van der Waals surface area contributed by atoms with Gasteiger partial charge in [0.2, 0.25) is 5.91 Å². The minimum atomic E-state index is -0.0586. The van der Waals surface area contributed by atoms with E-state index in [0.29, 0.717) is 13.1 Å². The van der Waals surface area contributed by atoms with E-state index in [1.807, 2.05) is 47.4 Å². The summed E-state index contributed by atoms with van der Waals surface area (Å²) in [7, 11) is 0. The smallest absolute Gasteiger partial charge is 0.246 e. The van der Waals surface area contributed by atoms with Gasteiger partial charge in [-0.25, -0.2) is 0 Å². The summed E-state index contributed by atoms with van der Waals surface area (Å²) in [5.74, 6) is -0.0257. The molecule has 0 spiro atoms. The Bertz CT molecular complexity index is 781. The molecule has 2 aromatic carbocycles. The lowest BCUT2D eigenvalue weighted by Crippen LogP contribution is -2.38. The number of nitrogens with zero attached hydrogens (tertiary/aromatic N) is 1. The number of benzene rings is 2. The van der Waals surface area contributed by atoms with Crippen LogP contribution in [-0.4, -0.2) is 17.4 Å². The van der Waals surface area contributed by atoms with Gasteiger partial charge in [0.15, 0.2) is 0 Å². The summed E-state index contributed by atoms with van der Waals surface area (Å²) in [6.07, 6.45) is 3.21. The summed E-state index contributed by atoms with van der Waals surface area (Å²) in [6.45, 7) is 8.67. The van der Waals surface area contributed by atoms with E-state index in [0.717, 1.165) is 27.3 Å². The maximum Gasteiger partial charge on any atom is 0.246 e. The summed E-state index contributed by atoms with van der Waals surface area (Å²) in [4.78, 5) is 14.0. The first kappa shape index (κ1) is 15.6. The number of amides is 1. The second-order valence-corrected chi connectivity index (χ2v) is 6.03. The number of rotatable bonds is 3. The van der Waals surface area contributed by atoms with Crippen molar-refractivity contribution in [2.24, 2.45) is 0 Å². The third-order valence-electron chi connectivity index (χ3n) is 4.33. The fourth-order valence-corrected chi connectivity index (χ4v) is 3.58. The monoisotopic (exact) mass is 323 g/mol. The lowest BCUT2D eigenvalue weighted by atomic mass is 9.82. The standard InChI is InChI=1S/C20H18ClNO/c1-3-14-8-5-6-10-16(14)17-13-22(19(23)4-2)12-15-9-7-11-18(21)20(15)17/h3-11,17H,1-2,12-13H2/t17-/m0/s1. The predicted molar refractivity (Wildman–Crippen MR) is 95.4 cm³/mol. The molecule has 2 aromatic rings. The second kappa shape index (κ2) is 6.43. The number of hydrogen-bond donors (Lipinski definition) is 0. The number of hydrogen-bond acceptors (Lipinski definition) is 1. The minimum absolute atomic E-state index is 0.0329. The van der Waals surface area contributed by atoms with E-state index in [-0.39, 0.29) is 11.8 Å². The maximum absolute atomic E-state index is 12.1. The van der Waals surface area contributed by atoms with Gasteiger partial charge in [0, 0.05) is 24.0 Å². The molecular weight excluding hydrogens is 306 g/mol. The van der Waals surface area contributed by atoms with Gasteiger partial charge in [0.05, 0.1) is 0 Å². The zero-order valence-electron chi connectivity index (χ0n) is 12.8. The van der Waals surface area contributed by atoms with Crippen molar-refractivity contribution in [2.75, 3.05) is 6.54 Å². The Balaban J connectivity index is 2.16. The highest BCUT2D eigenvalue weighted by Gasteiger charge is 2.30. The molecule has 3 heteroatoms. The Hall–Kier alpha value is -2.32. The van der Waals surface area contributed by atoms with E-state index in [2.05, 4.69) is 19.2 Å². The van der Waals surface area contributed by atoms with Crippen LogP contribution >= 0.6 is 11.6 Å². The van der Waals surface area contributed by atoms with Crippen molar-refractivity contribution in [2.45, 2.75) is 12.5 Å². The van der Waals surface area contributed by atoms with E-state index < -0.39 is 0 Å². The molecule has 0 unspecified atom stereocenters. The van der Waals surface area contributed by atoms with E-state index in [1.54, 1.807) is 0 Å². The molecule has 0 saturated carbocycles. The van der Waals surface area contributed by atoms with Gasteiger partial charge < -0.3 is 4.90 Å². The fourth-order valence-electron chi connectivity index (χ4n) is 3.26. The topological polar surface area (TPSA) is 20.3 Å². The van der Waals surface area contributed by atoms with E-state index >= 15 is 0 Å². The quantitative estimate of drug-likeness (QED) is 0.753. The van der Waals surface area contributed by atoms with Crippen LogP contribution in [0.15, 0.2) is 61.7 Å². The van der Waals surface area contributed by atoms with Gasteiger partial charge in [0.25, 0.3) is 0 Å². The maximum atomic E-state index is 12.1. The van der Waals surface area contributed by atoms with Crippen molar-refractivity contribution in [1.29, 1.82) is 0 Å². The van der Waals surface area contributed by atoms with Gasteiger partial charge in [-0.1, -0.05) is 67.2 Å². The number of halogens is 1. The minimum Gasteiger partial charge on any atom is -0.334 e. The highest BCUT2D eigenvalue weighted by Crippen LogP contribution is 2.39. The normalized spacial score (nSPS) is 16.6. The Kier molecular flexibility index (Phi) is 4.35. The molecule has 0 aliphatic carbocycles. The van der Waals surface area contributed by atoms with Crippen LogP contribution in [-0.2, 0) is 11.3 Å². The van der Waals surface area contributed by atoms with Gasteiger partial charge in [-0.05, 0) is 34.4 Å². The molecule has 1 amide bonds. The van der Waals surface area contributed by atoms with E-state index in [1.165, 1.54) is 6.08 Å². The van der Waals surface area contributed by atoms with E-state index in [4.69, 9.17) is 11.6 Å². The summed E-state index contributed by atoms with van der Waals surface area (Å²) in [5, 5.41) is 0.747. The van der Waals surface area contributed by atoms with Gasteiger partial charge in [0.1, 0.15) is 0 Å². The van der Waals surface area contributed by atoms with Crippen molar-refractivity contribution in [1.82, 2.24) is 4.90 Å². The SMILES string of the molecule is C=CC(=O)N1Cc2cccc(Cl)c2[C@H](c2ccccc2C=C)C1. The van der Waals surface area contributed by atoms with Crippen molar-refractivity contribution < 1.29 is 4.79 Å². The number of carbonyl (C=O) groups excluding carboxylic acids is 1. The average Bonchev–Trinajstić information content (AvgIpc) is 2.60. The third kappa shape index (κ3) is 2.82. The molecule has 1 aliphatic heterocycles. The van der Waals surface area contributed by atoms with Gasteiger partial charge >= 0.3 is 0 Å². The lowest BCUT2D eigenvalue weighted by Gasteiger charge is -2.35. The average molecular weight is 324 g/mol. The van der Waals surface area contributed by atoms with Crippen molar-refractivity contribution in [3.63, 3.8) is 0 Å². The molecule has 0 aromatic heterocycles. The van der Waals surface area contributed by atoms with Gasteiger partial charge in [-0.15, -0.1) is 0 Å². The van der Waals surface area contributed by atoms with Crippen LogP contribution < -0.4 is 0 Å². The molecule has 3 rings (SSSR count). The molecule has 1 heterocycles. The Morgan fingerprint density at radius 3 is 2.70 bits per heavy atom. The molecule has 0 fully saturated rings. The molecular formula is C20H18ClNO. The molecule has 23 heavy (non-hydrogen) atoms. The van der Waals surface area contributed by atoms with Crippen molar-refractivity contribution in [3.05, 3.63) is 89.0 Å². The molecule has 1 atom stereocenters. The highest BCUT2D eigenvalue weighted by atomic mass is 35.5. The zero-order chi connectivity index (χ0) is 16.4. The van der Waals surface area contributed by atoms with Crippen molar-refractivity contribution in [3.8, 4) is 0 Å². The number of fused-ring (bicyclic) bond motifs is 1. The molecule has 0 radical (unpaired) electrons. The predicted octanol–water partition coefficient (Wildman–Crippen LogP) is 4.64. The largest absolute Gasteiger partial charge is 0.334 e. The molecule has 0 bridgehead atoms. The summed E-state index contributed by atoms with van der Waals surface area (Å²) in [6, 6.07) is 14.0. The van der Waals surface area contributed by atoms with Crippen LogP contribution in [0.5, 0.6) is 0 Å². The Morgan fingerprint density at radius 2 is 1.96 bits per heavy atom. The first-order valence-corrected chi connectivity index (χ1v) is 7.93. The second-order valence-electron chi connectivity index (χ2n) is 5.62. The van der Waals surface area contributed by atoms with Crippen LogP contribution in [0, 0.1) is 0 Å². The van der Waals surface area contributed by atoms with Crippen LogP contribution in [0.2, 0.25) is 5.02 Å². The number of carbonyl (C=O) groups is 1. The van der Waals surface area contributed by atoms with Crippen LogP contribution in [0.3, 0.4) is 0 Å². The fraction of sp³-hybridized carbons (Fsp3) is 0.150. The molecule has 2 nitrogen and oxygen atoms in total. The molecule has 0 N–H and O–H groups in total. The summed E-state index contributed by atoms with van der Waals surface area (Å²) in [5.41, 5.74) is 4.40. The molecule has 0 saturated heterocycles. The van der Waals surface area contributed by atoms with Crippen LogP contribution in [0.25, 0.3) is 6.08 Å². The summed E-state index contributed by atoms with van der Waals surface area (Å²) < 4.78 is 0. The van der Waals surface area contributed by atoms with Crippen LogP contribution in [0.4, 0.5) is 0 Å². The van der Waals surface area contributed by atoms with E-state index in [9.17, 15) is 4.79 Å². The first-order chi connectivity index (χ1) is 11.2. The summed E-state index contributed by atoms with van der Waals surface area (Å²) >= 11 is 6.49. The van der Waals surface area contributed by atoms with Crippen LogP contribution in [0.1, 0.15) is 28.2 Å². The van der Waals surface area contributed by atoms with Crippen molar-refractivity contribution >= 4 is 23.6 Å². The zero-order valence-corrected chi connectivity index (χ0v) is 13.6. The Morgan fingerprint density at radius 1 is 1.17 bits per heavy atom. The van der Waals surface area contributed by atoms with Gasteiger partial charge in [-0.3, -0.25) is 4.79 Å². The Labute approximate surface area is 141 Å².